The van der Waals surface area contributed by atoms with Crippen LogP contribution in [-0.2, 0) is 14.8 Å². The van der Waals surface area contributed by atoms with Gasteiger partial charge in [-0.3, -0.25) is 9.52 Å². The van der Waals surface area contributed by atoms with Crippen LogP contribution in [0.15, 0.2) is 70.0 Å². The Labute approximate surface area is 194 Å². The van der Waals surface area contributed by atoms with Crippen LogP contribution in [0, 0.1) is 13.8 Å². The zero-order chi connectivity index (χ0) is 22.6. The van der Waals surface area contributed by atoms with Crippen LogP contribution >= 0.6 is 27.5 Å². The normalized spacial score (nSPS) is 11.1. The van der Waals surface area contributed by atoms with Gasteiger partial charge in [-0.15, -0.1) is 0 Å². The zero-order valence-electron chi connectivity index (χ0n) is 16.8. The molecule has 0 atom stereocenters. The summed E-state index contributed by atoms with van der Waals surface area (Å²) in [6.07, 6.45) is 0. The van der Waals surface area contributed by atoms with Gasteiger partial charge in [-0.25, -0.2) is 8.42 Å². The Morgan fingerprint density at radius 3 is 2.39 bits per heavy atom. The van der Waals surface area contributed by atoms with Crippen LogP contribution in [0.3, 0.4) is 0 Å². The van der Waals surface area contributed by atoms with Gasteiger partial charge in [0.05, 0.1) is 15.6 Å². The van der Waals surface area contributed by atoms with Crippen LogP contribution in [-0.4, -0.2) is 20.9 Å². The molecule has 6 nitrogen and oxygen atoms in total. The molecule has 9 heteroatoms. The maximum absolute atomic E-state index is 12.7. The summed E-state index contributed by atoms with van der Waals surface area (Å²) < 4.78 is 34.1. The predicted octanol–water partition coefficient (Wildman–Crippen LogP) is 5.54. The van der Waals surface area contributed by atoms with E-state index >= 15 is 0 Å². The summed E-state index contributed by atoms with van der Waals surface area (Å²) in [4.78, 5) is 12.2. The van der Waals surface area contributed by atoms with E-state index in [0.717, 1.165) is 15.6 Å². The molecule has 0 saturated heterocycles. The smallest absolute Gasteiger partial charge is 0.262 e. The van der Waals surface area contributed by atoms with Crippen molar-refractivity contribution in [2.45, 2.75) is 18.7 Å². The molecule has 0 bridgehead atoms. The summed E-state index contributed by atoms with van der Waals surface area (Å²) in [5.74, 6) is -0.0121. The maximum atomic E-state index is 12.7. The lowest BCUT2D eigenvalue weighted by Crippen LogP contribution is -2.20. The third-order valence-corrected chi connectivity index (χ3v) is 6.50. The van der Waals surface area contributed by atoms with Gasteiger partial charge in [-0.05, 0) is 67.9 Å². The van der Waals surface area contributed by atoms with Crippen molar-refractivity contribution in [1.29, 1.82) is 0 Å². The second-order valence-electron chi connectivity index (χ2n) is 6.86. The predicted molar refractivity (Wildman–Crippen MR) is 126 cm³/mol. The lowest BCUT2D eigenvalue weighted by molar-refractivity contribution is -0.118. The Hall–Kier alpha value is -2.55. The minimum Gasteiger partial charge on any atom is -0.482 e. The van der Waals surface area contributed by atoms with Crippen LogP contribution in [0.2, 0.25) is 5.02 Å². The molecular formula is C22H20BrClN2O4S. The molecule has 3 rings (SSSR count). The number of halogens is 2. The van der Waals surface area contributed by atoms with Gasteiger partial charge in [0.15, 0.2) is 6.61 Å². The quantitative estimate of drug-likeness (QED) is 0.426. The largest absolute Gasteiger partial charge is 0.482 e. The topological polar surface area (TPSA) is 84.5 Å². The molecule has 0 radical (unpaired) electrons. The fourth-order valence-electron chi connectivity index (χ4n) is 2.78. The number of hydrogen-bond donors (Lipinski definition) is 2. The van der Waals surface area contributed by atoms with Gasteiger partial charge < -0.3 is 10.1 Å². The van der Waals surface area contributed by atoms with E-state index in [2.05, 4.69) is 26.0 Å². The van der Waals surface area contributed by atoms with Gasteiger partial charge >= 0.3 is 0 Å². The Morgan fingerprint density at radius 2 is 1.74 bits per heavy atom. The van der Waals surface area contributed by atoms with E-state index < -0.39 is 15.9 Å². The lowest BCUT2D eigenvalue weighted by Gasteiger charge is -2.12. The number of carbonyl (C=O) groups excluding carboxylic acids is 1. The fourth-order valence-corrected chi connectivity index (χ4v) is 4.64. The zero-order valence-corrected chi connectivity index (χ0v) is 19.9. The Balaban J connectivity index is 1.61. The van der Waals surface area contributed by atoms with Gasteiger partial charge in [0.25, 0.3) is 15.9 Å². The van der Waals surface area contributed by atoms with Crippen molar-refractivity contribution in [2.24, 2.45) is 0 Å². The minimum atomic E-state index is -3.75. The highest BCUT2D eigenvalue weighted by Crippen LogP contribution is 2.27. The summed E-state index contributed by atoms with van der Waals surface area (Å²) in [6, 6.07) is 16.4. The highest BCUT2D eigenvalue weighted by molar-refractivity contribution is 9.10. The first-order chi connectivity index (χ1) is 14.6. The molecule has 0 heterocycles. The van der Waals surface area contributed by atoms with Crippen LogP contribution < -0.4 is 14.8 Å². The number of nitrogens with one attached hydrogen (secondary N) is 2. The molecule has 3 aromatic carbocycles. The van der Waals surface area contributed by atoms with E-state index in [-0.39, 0.29) is 11.5 Å². The molecular weight excluding hydrogens is 504 g/mol. The summed E-state index contributed by atoms with van der Waals surface area (Å²) in [7, 11) is -3.75. The minimum absolute atomic E-state index is 0.0865. The number of hydrogen-bond acceptors (Lipinski definition) is 4. The number of carbonyl (C=O) groups is 1. The van der Waals surface area contributed by atoms with Crippen LogP contribution in [0.25, 0.3) is 0 Å². The monoisotopic (exact) mass is 522 g/mol. The van der Waals surface area contributed by atoms with Crippen molar-refractivity contribution in [3.05, 3.63) is 81.3 Å². The summed E-state index contributed by atoms with van der Waals surface area (Å²) in [6.45, 7) is 3.54. The van der Waals surface area contributed by atoms with Crippen LogP contribution in [0.5, 0.6) is 5.75 Å². The number of rotatable bonds is 7. The average Bonchev–Trinajstić information content (AvgIpc) is 2.70. The molecule has 0 fully saturated rings. The molecule has 0 saturated carbocycles. The number of aryl methyl sites for hydroxylation is 2. The number of benzene rings is 3. The highest BCUT2D eigenvalue weighted by Gasteiger charge is 2.16. The lowest BCUT2D eigenvalue weighted by atomic mass is 10.1. The van der Waals surface area contributed by atoms with Gasteiger partial charge in [-0.2, -0.15) is 0 Å². The second-order valence-corrected chi connectivity index (χ2v) is 9.87. The van der Waals surface area contributed by atoms with Gasteiger partial charge in [-0.1, -0.05) is 45.2 Å². The standard InChI is InChI=1S/C22H20BrClN2O4S/c1-14-3-9-20(15(2)11-14)26-31(28,29)18-7-5-17(6-8-18)25-22(27)13-30-21-10-4-16(23)12-19(21)24/h3-12,26H,13H2,1-2H3,(H,25,27). The van der Waals surface area contributed by atoms with Gasteiger partial charge in [0.2, 0.25) is 0 Å². The van der Waals surface area contributed by atoms with Crippen molar-refractivity contribution in [3.8, 4) is 5.75 Å². The second kappa shape index (κ2) is 9.72. The van der Waals surface area contributed by atoms with E-state index in [1.54, 1.807) is 24.3 Å². The van der Waals surface area contributed by atoms with E-state index in [1.165, 1.54) is 24.3 Å². The van der Waals surface area contributed by atoms with Crippen molar-refractivity contribution in [2.75, 3.05) is 16.6 Å². The molecule has 0 spiro atoms. The molecule has 0 aliphatic rings. The average molecular weight is 524 g/mol. The van der Waals surface area contributed by atoms with Gasteiger partial charge in [0, 0.05) is 10.2 Å². The third kappa shape index (κ3) is 6.22. The van der Waals surface area contributed by atoms with E-state index in [9.17, 15) is 13.2 Å². The van der Waals surface area contributed by atoms with Gasteiger partial charge in [0.1, 0.15) is 5.75 Å². The van der Waals surface area contributed by atoms with E-state index in [1.807, 2.05) is 26.0 Å². The molecule has 1 amide bonds. The Kier molecular flexibility index (Phi) is 7.25. The number of anilines is 2. The highest BCUT2D eigenvalue weighted by atomic mass is 79.9. The van der Waals surface area contributed by atoms with Crippen molar-refractivity contribution >= 4 is 54.8 Å². The molecule has 3 aromatic rings. The summed E-state index contributed by atoms with van der Waals surface area (Å²) in [5.41, 5.74) is 2.85. The first-order valence-electron chi connectivity index (χ1n) is 9.22. The first kappa shape index (κ1) is 23.1. The molecule has 0 aliphatic carbocycles. The number of amides is 1. The molecule has 31 heavy (non-hydrogen) atoms. The fraction of sp³-hybridized carbons (Fsp3) is 0.136. The van der Waals surface area contributed by atoms with Crippen molar-refractivity contribution < 1.29 is 17.9 Å². The molecule has 162 valence electrons. The van der Waals surface area contributed by atoms with E-state index in [0.29, 0.717) is 22.1 Å². The summed E-state index contributed by atoms with van der Waals surface area (Å²) >= 11 is 9.36. The van der Waals surface area contributed by atoms with Crippen LogP contribution in [0.4, 0.5) is 11.4 Å². The molecule has 0 aromatic heterocycles. The van der Waals surface area contributed by atoms with E-state index in [4.69, 9.17) is 16.3 Å². The third-order valence-electron chi connectivity index (χ3n) is 4.33. The SMILES string of the molecule is Cc1ccc(NS(=O)(=O)c2ccc(NC(=O)COc3ccc(Br)cc3Cl)cc2)c(C)c1. The number of sulfonamides is 1. The molecule has 0 aliphatic heterocycles. The first-order valence-corrected chi connectivity index (χ1v) is 11.9. The molecule has 0 unspecified atom stereocenters. The van der Waals surface area contributed by atoms with Crippen LogP contribution in [0.1, 0.15) is 11.1 Å². The summed E-state index contributed by atoms with van der Waals surface area (Å²) in [5, 5.41) is 3.04. The van der Waals surface area contributed by atoms with Crippen molar-refractivity contribution in [1.82, 2.24) is 0 Å². The maximum Gasteiger partial charge on any atom is 0.262 e. The Bertz CT molecular complexity index is 1210. The van der Waals surface area contributed by atoms with Crippen molar-refractivity contribution in [3.63, 3.8) is 0 Å². The molecule has 2 N–H and O–H groups in total. The Morgan fingerprint density at radius 1 is 1.03 bits per heavy atom. The number of ether oxygens (including phenoxy) is 1.